The molecule has 1 atom stereocenters. The molecule has 1 amide bonds. The summed E-state index contributed by atoms with van der Waals surface area (Å²) in [5, 5.41) is 2.26. The molecule has 0 aromatic heterocycles. The molecule has 0 N–H and O–H groups in total. The van der Waals surface area contributed by atoms with Gasteiger partial charge in [-0.25, -0.2) is 0 Å². The molecule has 0 radical (unpaired) electrons. The van der Waals surface area contributed by atoms with Crippen molar-refractivity contribution >= 4 is 17.7 Å². The third kappa shape index (κ3) is 0.534. The Morgan fingerprint density at radius 1 is 1.80 bits per heavy atom. The van der Waals surface area contributed by atoms with E-state index >= 15 is 0 Å². The maximum Gasteiger partial charge on any atom is 0.257 e. The zero-order valence-corrected chi connectivity index (χ0v) is 6.39. The Kier molecular flexibility index (Phi) is 1.14. The second-order valence-electron chi connectivity index (χ2n) is 2.23. The molecule has 0 aromatic rings. The zero-order chi connectivity index (χ0) is 7.14. The van der Waals surface area contributed by atoms with Crippen LogP contribution in [0.1, 0.15) is 6.92 Å². The molecule has 0 bridgehead atoms. The standard InChI is InChI=1S/C7H7NOS/c1-2-5-6(9)8-3-4-10-7(5)8/h2-4,7H,1H3/b5-2-/t7-/m0/s1. The number of fused-ring (bicyclic) bond motifs is 1. The van der Waals surface area contributed by atoms with Crippen molar-refractivity contribution in [2.75, 3.05) is 0 Å². The molecule has 2 nitrogen and oxygen atoms in total. The summed E-state index contributed by atoms with van der Waals surface area (Å²) in [7, 11) is 0. The van der Waals surface area contributed by atoms with E-state index in [2.05, 4.69) is 0 Å². The molecule has 0 unspecified atom stereocenters. The van der Waals surface area contributed by atoms with Crippen molar-refractivity contribution < 1.29 is 4.79 Å². The second-order valence-corrected chi connectivity index (χ2v) is 3.22. The predicted molar refractivity (Wildman–Crippen MR) is 41.1 cm³/mol. The molecule has 10 heavy (non-hydrogen) atoms. The first-order chi connectivity index (χ1) is 4.84. The maximum atomic E-state index is 11.1. The molecule has 52 valence electrons. The van der Waals surface area contributed by atoms with Gasteiger partial charge in [-0.2, -0.15) is 0 Å². The van der Waals surface area contributed by atoms with Crippen molar-refractivity contribution in [3.63, 3.8) is 0 Å². The van der Waals surface area contributed by atoms with Gasteiger partial charge in [0.1, 0.15) is 5.37 Å². The van der Waals surface area contributed by atoms with Crippen LogP contribution in [0.3, 0.4) is 0 Å². The van der Waals surface area contributed by atoms with Gasteiger partial charge >= 0.3 is 0 Å². The molecular formula is C7H7NOS. The summed E-state index contributed by atoms with van der Waals surface area (Å²) >= 11 is 1.68. The first kappa shape index (κ1) is 6.04. The number of β-lactam (4-membered cyclic amide) rings is 1. The molecule has 1 fully saturated rings. The van der Waals surface area contributed by atoms with Crippen molar-refractivity contribution in [2.45, 2.75) is 12.3 Å². The average Bonchev–Trinajstić information content (AvgIpc) is 2.33. The first-order valence-electron chi connectivity index (χ1n) is 3.15. The van der Waals surface area contributed by atoms with Crippen LogP contribution >= 0.6 is 11.8 Å². The molecular weight excluding hydrogens is 146 g/mol. The van der Waals surface area contributed by atoms with E-state index in [1.807, 2.05) is 24.6 Å². The highest BCUT2D eigenvalue weighted by molar-refractivity contribution is 8.03. The van der Waals surface area contributed by atoms with Gasteiger partial charge in [0.05, 0.1) is 0 Å². The molecule has 1 saturated heterocycles. The lowest BCUT2D eigenvalue weighted by molar-refractivity contribution is -0.130. The quantitative estimate of drug-likeness (QED) is 0.386. The average molecular weight is 153 g/mol. The Morgan fingerprint density at radius 3 is 3.30 bits per heavy atom. The minimum atomic E-state index is 0.161. The third-order valence-electron chi connectivity index (χ3n) is 1.74. The van der Waals surface area contributed by atoms with Crippen LogP contribution in [0.4, 0.5) is 0 Å². The number of hydrogen-bond donors (Lipinski definition) is 0. The fourth-order valence-electron chi connectivity index (χ4n) is 1.17. The van der Waals surface area contributed by atoms with E-state index in [0.29, 0.717) is 5.37 Å². The molecule has 2 rings (SSSR count). The van der Waals surface area contributed by atoms with Crippen LogP contribution in [0.2, 0.25) is 0 Å². The van der Waals surface area contributed by atoms with Crippen molar-refractivity contribution in [3.8, 4) is 0 Å². The van der Waals surface area contributed by atoms with Crippen LogP contribution in [-0.2, 0) is 4.79 Å². The van der Waals surface area contributed by atoms with Crippen molar-refractivity contribution in [3.05, 3.63) is 23.3 Å². The number of carbonyl (C=O) groups excluding carboxylic acids is 1. The smallest absolute Gasteiger partial charge is 0.257 e. The number of carbonyl (C=O) groups is 1. The molecule has 2 aliphatic rings. The number of thioether (sulfide) groups is 1. The van der Waals surface area contributed by atoms with Gasteiger partial charge in [0.2, 0.25) is 0 Å². The maximum absolute atomic E-state index is 11.1. The van der Waals surface area contributed by atoms with Gasteiger partial charge in [-0.1, -0.05) is 6.08 Å². The van der Waals surface area contributed by atoms with E-state index in [1.54, 1.807) is 16.7 Å². The normalized spacial score (nSPS) is 32.9. The van der Waals surface area contributed by atoms with Crippen LogP contribution in [-0.4, -0.2) is 16.2 Å². The van der Waals surface area contributed by atoms with Crippen molar-refractivity contribution in [1.82, 2.24) is 4.90 Å². The van der Waals surface area contributed by atoms with E-state index in [1.165, 1.54) is 0 Å². The highest BCUT2D eigenvalue weighted by Crippen LogP contribution is 2.39. The molecule has 0 aliphatic carbocycles. The number of rotatable bonds is 0. The van der Waals surface area contributed by atoms with Crippen molar-refractivity contribution in [1.29, 1.82) is 0 Å². The largest absolute Gasteiger partial charge is 0.298 e. The molecule has 2 aliphatic heterocycles. The number of amides is 1. The Balaban J connectivity index is 2.28. The number of nitrogens with zero attached hydrogens (tertiary/aromatic N) is 1. The van der Waals surface area contributed by atoms with Crippen molar-refractivity contribution in [2.24, 2.45) is 0 Å². The predicted octanol–water partition coefficient (Wildman–Crippen LogP) is 1.32. The summed E-state index contributed by atoms with van der Waals surface area (Å²) in [4.78, 5) is 12.8. The van der Waals surface area contributed by atoms with Crippen LogP contribution in [0.15, 0.2) is 23.3 Å². The van der Waals surface area contributed by atoms with Gasteiger partial charge in [0.15, 0.2) is 0 Å². The van der Waals surface area contributed by atoms with Crippen LogP contribution < -0.4 is 0 Å². The lowest BCUT2D eigenvalue weighted by Gasteiger charge is -2.35. The highest BCUT2D eigenvalue weighted by Gasteiger charge is 2.42. The Bertz CT molecular complexity index is 244. The molecule has 2 heterocycles. The number of allylic oxidation sites excluding steroid dienone is 1. The Labute approximate surface area is 63.6 Å². The van der Waals surface area contributed by atoms with E-state index in [9.17, 15) is 4.79 Å². The topological polar surface area (TPSA) is 20.3 Å². The van der Waals surface area contributed by atoms with Gasteiger partial charge in [-0.05, 0) is 12.3 Å². The van der Waals surface area contributed by atoms with Gasteiger partial charge in [0, 0.05) is 11.8 Å². The third-order valence-corrected chi connectivity index (χ3v) is 2.76. The van der Waals surface area contributed by atoms with E-state index in [0.717, 1.165) is 5.57 Å². The fraction of sp³-hybridized carbons (Fsp3) is 0.286. The summed E-state index contributed by atoms with van der Waals surface area (Å²) in [5.74, 6) is 0.161. The van der Waals surface area contributed by atoms with Crippen LogP contribution in [0, 0.1) is 0 Å². The number of hydrogen-bond acceptors (Lipinski definition) is 2. The van der Waals surface area contributed by atoms with E-state index < -0.39 is 0 Å². The zero-order valence-electron chi connectivity index (χ0n) is 5.57. The minimum absolute atomic E-state index is 0.161. The van der Waals surface area contributed by atoms with Crippen LogP contribution in [0.25, 0.3) is 0 Å². The highest BCUT2D eigenvalue weighted by atomic mass is 32.2. The molecule has 0 saturated carbocycles. The summed E-state index contributed by atoms with van der Waals surface area (Å²) < 4.78 is 0. The molecule has 0 spiro atoms. The SMILES string of the molecule is C/C=C1/C(=O)N2C=CS[C@@H]12. The summed E-state index contributed by atoms with van der Waals surface area (Å²) in [5.41, 5.74) is 0.940. The van der Waals surface area contributed by atoms with Gasteiger partial charge in [-0.3, -0.25) is 9.69 Å². The van der Waals surface area contributed by atoms with Gasteiger partial charge in [-0.15, -0.1) is 11.8 Å². The van der Waals surface area contributed by atoms with E-state index in [-0.39, 0.29) is 5.91 Å². The lowest BCUT2D eigenvalue weighted by Crippen LogP contribution is -2.47. The summed E-state index contributed by atoms with van der Waals surface area (Å²) in [6.07, 6.45) is 3.73. The van der Waals surface area contributed by atoms with Gasteiger partial charge < -0.3 is 0 Å². The monoisotopic (exact) mass is 153 g/mol. The fourth-order valence-corrected chi connectivity index (χ4v) is 2.20. The minimum Gasteiger partial charge on any atom is -0.298 e. The first-order valence-corrected chi connectivity index (χ1v) is 4.10. The summed E-state index contributed by atoms with van der Waals surface area (Å²) in [6.45, 7) is 1.91. The van der Waals surface area contributed by atoms with E-state index in [4.69, 9.17) is 0 Å². The van der Waals surface area contributed by atoms with Crippen LogP contribution in [0.5, 0.6) is 0 Å². The molecule has 0 aromatic carbocycles. The second kappa shape index (κ2) is 1.89. The Morgan fingerprint density at radius 2 is 2.60 bits per heavy atom. The lowest BCUT2D eigenvalue weighted by atomic mass is 10.1. The Hall–Kier alpha value is -0.700. The van der Waals surface area contributed by atoms with Gasteiger partial charge in [0.25, 0.3) is 5.91 Å². The summed E-state index contributed by atoms with van der Waals surface area (Å²) in [6, 6.07) is 0. The molecule has 3 heteroatoms.